The molecule has 0 radical (unpaired) electrons. The lowest BCUT2D eigenvalue weighted by molar-refractivity contribution is -0.121. The third kappa shape index (κ3) is 4.43. The molecule has 1 aromatic heterocycles. The fourth-order valence-electron chi connectivity index (χ4n) is 4.36. The zero-order valence-electron chi connectivity index (χ0n) is 17.4. The molecular formula is C25H26N2O4. The van der Waals surface area contributed by atoms with Crippen molar-refractivity contribution in [3.63, 3.8) is 0 Å². The van der Waals surface area contributed by atoms with E-state index in [1.807, 2.05) is 48.5 Å². The summed E-state index contributed by atoms with van der Waals surface area (Å²) < 4.78 is 17.3. The number of anilines is 1. The van der Waals surface area contributed by atoms with Gasteiger partial charge in [0.1, 0.15) is 19.0 Å². The Hall–Kier alpha value is -3.28. The van der Waals surface area contributed by atoms with Crippen molar-refractivity contribution in [3.8, 4) is 17.2 Å². The zero-order chi connectivity index (χ0) is 21.0. The number of ether oxygens (including phenoxy) is 3. The molecule has 1 N–H and O–H groups in total. The van der Waals surface area contributed by atoms with E-state index in [1.54, 1.807) is 6.20 Å². The van der Waals surface area contributed by atoms with Gasteiger partial charge >= 0.3 is 0 Å². The van der Waals surface area contributed by atoms with Crippen LogP contribution < -0.4 is 19.5 Å². The largest absolute Gasteiger partial charge is 0.493 e. The van der Waals surface area contributed by atoms with Crippen LogP contribution in [0.1, 0.15) is 25.7 Å². The highest BCUT2D eigenvalue weighted by molar-refractivity contribution is 5.93. The summed E-state index contributed by atoms with van der Waals surface area (Å²) in [5.41, 5.74) is 1.70. The standard InChI is InChI=1S/C25H26N2O4/c28-25(27-19-9-10-23-24(15-19)30-14-13-29-23)18-7-5-17(6-8-18)16-31-22-11-12-26-21-4-2-1-3-20(21)22/h1-4,9-12,15,17-18H,5-8,13-14,16H2,(H,27,28)/t17-,18-. The molecule has 2 heterocycles. The Morgan fingerprint density at radius 1 is 1.00 bits per heavy atom. The van der Waals surface area contributed by atoms with Crippen LogP contribution in [0.4, 0.5) is 5.69 Å². The molecule has 2 aromatic carbocycles. The summed E-state index contributed by atoms with van der Waals surface area (Å²) in [5, 5.41) is 4.08. The van der Waals surface area contributed by atoms with Gasteiger partial charge in [0.15, 0.2) is 11.5 Å². The highest BCUT2D eigenvalue weighted by Gasteiger charge is 2.27. The number of aromatic nitrogens is 1. The molecule has 31 heavy (non-hydrogen) atoms. The van der Waals surface area contributed by atoms with Crippen LogP contribution in [0.5, 0.6) is 17.2 Å². The molecular weight excluding hydrogens is 392 g/mol. The molecule has 0 atom stereocenters. The van der Waals surface area contributed by atoms with Gasteiger partial charge in [-0.25, -0.2) is 0 Å². The van der Waals surface area contributed by atoms with E-state index in [0.717, 1.165) is 53.8 Å². The van der Waals surface area contributed by atoms with Crippen molar-refractivity contribution in [1.82, 2.24) is 4.98 Å². The van der Waals surface area contributed by atoms with Crippen molar-refractivity contribution >= 4 is 22.5 Å². The summed E-state index contributed by atoms with van der Waals surface area (Å²) >= 11 is 0. The first-order valence-electron chi connectivity index (χ1n) is 10.9. The molecule has 0 spiro atoms. The number of hydrogen-bond donors (Lipinski definition) is 1. The van der Waals surface area contributed by atoms with Crippen molar-refractivity contribution in [1.29, 1.82) is 0 Å². The number of carbonyl (C=O) groups is 1. The third-order valence-corrected chi connectivity index (χ3v) is 6.11. The van der Waals surface area contributed by atoms with Gasteiger partial charge in [-0.1, -0.05) is 12.1 Å². The van der Waals surface area contributed by atoms with Crippen LogP contribution in [0, 0.1) is 11.8 Å². The normalized spacial score (nSPS) is 20.3. The third-order valence-electron chi connectivity index (χ3n) is 6.11. The Kier molecular flexibility index (Phi) is 5.61. The number of benzene rings is 2. The van der Waals surface area contributed by atoms with Gasteiger partial charge in [-0.2, -0.15) is 0 Å². The number of para-hydroxylation sites is 1. The lowest BCUT2D eigenvalue weighted by atomic mass is 9.82. The number of pyridine rings is 1. The molecule has 6 nitrogen and oxygen atoms in total. The number of fused-ring (bicyclic) bond motifs is 2. The molecule has 1 aliphatic carbocycles. The second kappa shape index (κ2) is 8.84. The summed E-state index contributed by atoms with van der Waals surface area (Å²) in [6.07, 6.45) is 5.52. The maximum absolute atomic E-state index is 12.7. The minimum absolute atomic E-state index is 0.0335. The van der Waals surface area contributed by atoms with Crippen LogP contribution in [0.25, 0.3) is 10.9 Å². The molecule has 1 amide bonds. The van der Waals surface area contributed by atoms with Gasteiger partial charge in [0.05, 0.1) is 12.1 Å². The van der Waals surface area contributed by atoms with Crippen LogP contribution in [0.2, 0.25) is 0 Å². The molecule has 0 bridgehead atoms. The Morgan fingerprint density at radius 2 is 1.81 bits per heavy atom. The van der Waals surface area contributed by atoms with E-state index in [1.165, 1.54) is 0 Å². The van der Waals surface area contributed by atoms with Gasteiger partial charge in [-0.15, -0.1) is 0 Å². The predicted octanol–water partition coefficient (Wildman–Crippen LogP) is 4.83. The van der Waals surface area contributed by atoms with E-state index in [-0.39, 0.29) is 11.8 Å². The molecule has 5 rings (SSSR count). The first-order valence-corrected chi connectivity index (χ1v) is 10.9. The van der Waals surface area contributed by atoms with Gasteiger partial charge in [-0.05, 0) is 61.9 Å². The first-order chi connectivity index (χ1) is 15.3. The highest BCUT2D eigenvalue weighted by Crippen LogP contribution is 2.34. The lowest BCUT2D eigenvalue weighted by Gasteiger charge is -2.28. The van der Waals surface area contributed by atoms with Gasteiger partial charge in [0.25, 0.3) is 0 Å². The number of hydrogen-bond acceptors (Lipinski definition) is 5. The number of rotatable bonds is 5. The molecule has 0 saturated heterocycles. The quantitative estimate of drug-likeness (QED) is 0.643. The van der Waals surface area contributed by atoms with E-state index >= 15 is 0 Å². The molecule has 160 valence electrons. The highest BCUT2D eigenvalue weighted by atomic mass is 16.6. The van der Waals surface area contributed by atoms with E-state index in [2.05, 4.69) is 10.3 Å². The van der Waals surface area contributed by atoms with Crippen molar-refractivity contribution in [2.75, 3.05) is 25.1 Å². The van der Waals surface area contributed by atoms with Crippen molar-refractivity contribution < 1.29 is 19.0 Å². The van der Waals surface area contributed by atoms with Gasteiger partial charge in [0, 0.05) is 29.3 Å². The van der Waals surface area contributed by atoms with Crippen LogP contribution in [0.15, 0.2) is 54.7 Å². The number of nitrogens with one attached hydrogen (secondary N) is 1. The van der Waals surface area contributed by atoms with Gasteiger partial charge in [-0.3, -0.25) is 9.78 Å². The van der Waals surface area contributed by atoms with Gasteiger partial charge < -0.3 is 19.5 Å². The minimum atomic E-state index is 0.0335. The summed E-state index contributed by atoms with van der Waals surface area (Å²) in [7, 11) is 0. The summed E-state index contributed by atoms with van der Waals surface area (Å²) in [6.45, 7) is 1.76. The fraction of sp³-hybridized carbons (Fsp3) is 0.360. The van der Waals surface area contributed by atoms with E-state index in [0.29, 0.717) is 31.5 Å². The molecule has 1 saturated carbocycles. The molecule has 1 fully saturated rings. The average molecular weight is 418 g/mol. The van der Waals surface area contributed by atoms with Crippen molar-refractivity contribution in [3.05, 3.63) is 54.7 Å². The zero-order valence-corrected chi connectivity index (χ0v) is 17.4. The fourth-order valence-corrected chi connectivity index (χ4v) is 4.36. The number of amides is 1. The van der Waals surface area contributed by atoms with Crippen LogP contribution in [0.3, 0.4) is 0 Å². The summed E-state index contributed by atoms with van der Waals surface area (Å²) in [5.74, 6) is 2.87. The monoisotopic (exact) mass is 418 g/mol. The Morgan fingerprint density at radius 3 is 2.68 bits per heavy atom. The first kappa shape index (κ1) is 19.7. The van der Waals surface area contributed by atoms with E-state index in [9.17, 15) is 4.79 Å². The number of carbonyl (C=O) groups excluding carboxylic acids is 1. The Labute approximate surface area is 181 Å². The SMILES string of the molecule is O=C(Nc1ccc2c(c1)OCCO2)[C@H]1CC[C@H](COc2ccnc3ccccc23)CC1. The Balaban J connectivity index is 1.13. The lowest BCUT2D eigenvalue weighted by Crippen LogP contribution is -2.29. The second-order valence-corrected chi connectivity index (χ2v) is 8.20. The average Bonchev–Trinajstić information content (AvgIpc) is 2.83. The van der Waals surface area contributed by atoms with Crippen LogP contribution in [-0.4, -0.2) is 30.7 Å². The minimum Gasteiger partial charge on any atom is -0.493 e. The molecule has 2 aliphatic rings. The van der Waals surface area contributed by atoms with E-state index < -0.39 is 0 Å². The number of nitrogens with zero attached hydrogens (tertiary/aromatic N) is 1. The van der Waals surface area contributed by atoms with Crippen molar-refractivity contribution in [2.24, 2.45) is 11.8 Å². The smallest absolute Gasteiger partial charge is 0.227 e. The predicted molar refractivity (Wildman–Crippen MR) is 119 cm³/mol. The summed E-state index contributed by atoms with van der Waals surface area (Å²) in [6, 6.07) is 15.5. The van der Waals surface area contributed by atoms with Crippen LogP contribution in [-0.2, 0) is 4.79 Å². The second-order valence-electron chi connectivity index (χ2n) is 8.20. The van der Waals surface area contributed by atoms with Crippen molar-refractivity contribution in [2.45, 2.75) is 25.7 Å². The van der Waals surface area contributed by atoms with Crippen LogP contribution >= 0.6 is 0 Å². The molecule has 3 aromatic rings. The van der Waals surface area contributed by atoms with E-state index in [4.69, 9.17) is 14.2 Å². The molecule has 0 unspecified atom stereocenters. The van der Waals surface area contributed by atoms with Gasteiger partial charge in [0.2, 0.25) is 5.91 Å². The molecule has 1 aliphatic heterocycles. The Bertz CT molecular complexity index is 1070. The maximum atomic E-state index is 12.7. The summed E-state index contributed by atoms with van der Waals surface area (Å²) in [4.78, 5) is 17.1. The molecule has 6 heteroatoms. The maximum Gasteiger partial charge on any atom is 0.227 e. The topological polar surface area (TPSA) is 69.7 Å².